The molecular formula is C14H20N2OS. The van der Waals surface area contributed by atoms with E-state index in [2.05, 4.69) is 10.6 Å². The van der Waals surface area contributed by atoms with Gasteiger partial charge in [-0.2, -0.15) is 11.8 Å². The minimum absolute atomic E-state index is 0.0365. The molecule has 1 atom stereocenters. The van der Waals surface area contributed by atoms with Gasteiger partial charge in [0.25, 0.3) is 0 Å². The van der Waals surface area contributed by atoms with Crippen molar-refractivity contribution in [3.8, 4) is 0 Å². The van der Waals surface area contributed by atoms with Crippen molar-refractivity contribution in [2.24, 2.45) is 0 Å². The lowest BCUT2D eigenvalue weighted by Crippen LogP contribution is -2.39. The predicted molar refractivity (Wildman–Crippen MR) is 78.2 cm³/mol. The monoisotopic (exact) mass is 264 g/mol. The molecule has 0 aliphatic carbocycles. The number of benzene rings is 1. The van der Waals surface area contributed by atoms with Gasteiger partial charge in [0.05, 0.1) is 6.54 Å². The van der Waals surface area contributed by atoms with Crippen molar-refractivity contribution in [1.29, 1.82) is 0 Å². The minimum atomic E-state index is 0.0365. The van der Waals surface area contributed by atoms with E-state index in [4.69, 9.17) is 0 Å². The van der Waals surface area contributed by atoms with Crippen molar-refractivity contribution < 1.29 is 4.79 Å². The average Bonchev–Trinajstić information content (AvgIpc) is 2.40. The number of carbonyl (C=O) groups is 1. The van der Waals surface area contributed by atoms with E-state index in [1.807, 2.05) is 43.0 Å². The highest BCUT2D eigenvalue weighted by Crippen LogP contribution is 2.16. The predicted octanol–water partition coefficient (Wildman–Crippen LogP) is 2.42. The first-order chi connectivity index (χ1) is 8.74. The third kappa shape index (κ3) is 4.35. The van der Waals surface area contributed by atoms with E-state index in [-0.39, 0.29) is 5.91 Å². The Hall–Kier alpha value is -1.00. The Balaban J connectivity index is 1.73. The second-order valence-corrected chi connectivity index (χ2v) is 5.86. The van der Waals surface area contributed by atoms with Gasteiger partial charge in [-0.25, -0.2) is 0 Å². The van der Waals surface area contributed by atoms with Gasteiger partial charge in [-0.3, -0.25) is 4.79 Å². The van der Waals surface area contributed by atoms with Crippen LogP contribution < -0.4 is 10.6 Å². The van der Waals surface area contributed by atoms with Crippen LogP contribution in [0.15, 0.2) is 24.3 Å². The van der Waals surface area contributed by atoms with E-state index in [9.17, 15) is 4.79 Å². The Morgan fingerprint density at radius 2 is 2.17 bits per heavy atom. The summed E-state index contributed by atoms with van der Waals surface area (Å²) in [7, 11) is 0. The molecule has 1 fully saturated rings. The van der Waals surface area contributed by atoms with Gasteiger partial charge >= 0.3 is 0 Å². The van der Waals surface area contributed by atoms with Gasteiger partial charge in [0.1, 0.15) is 0 Å². The molecule has 1 saturated heterocycles. The van der Waals surface area contributed by atoms with Gasteiger partial charge in [0.15, 0.2) is 0 Å². The van der Waals surface area contributed by atoms with Crippen LogP contribution in [-0.2, 0) is 4.79 Å². The van der Waals surface area contributed by atoms with Crippen LogP contribution in [0.25, 0.3) is 0 Å². The van der Waals surface area contributed by atoms with E-state index in [1.165, 1.54) is 24.2 Å². The second kappa shape index (κ2) is 6.81. The highest BCUT2D eigenvalue weighted by molar-refractivity contribution is 7.99. The molecule has 1 unspecified atom stereocenters. The maximum Gasteiger partial charge on any atom is 0.238 e. The fraction of sp³-hybridized carbons (Fsp3) is 0.500. The van der Waals surface area contributed by atoms with Crippen LogP contribution >= 0.6 is 11.8 Å². The zero-order chi connectivity index (χ0) is 12.8. The molecule has 1 aromatic carbocycles. The van der Waals surface area contributed by atoms with Gasteiger partial charge < -0.3 is 10.6 Å². The molecule has 0 radical (unpaired) electrons. The second-order valence-electron chi connectivity index (χ2n) is 4.71. The molecule has 1 aliphatic rings. The van der Waals surface area contributed by atoms with Gasteiger partial charge in [0.2, 0.25) is 5.91 Å². The number of aryl methyl sites for hydroxylation is 1. The van der Waals surface area contributed by atoms with Crippen molar-refractivity contribution >= 4 is 23.4 Å². The van der Waals surface area contributed by atoms with Crippen LogP contribution in [0.1, 0.15) is 18.4 Å². The van der Waals surface area contributed by atoms with E-state index in [0.717, 1.165) is 11.4 Å². The molecule has 0 aromatic heterocycles. The first-order valence-electron chi connectivity index (χ1n) is 6.42. The quantitative estimate of drug-likeness (QED) is 0.877. The molecule has 3 nitrogen and oxygen atoms in total. The van der Waals surface area contributed by atoms with Gasteiger partial charge in [-0.05, 0) is 37.7 Å². The standard InChI is InChI=1S/C14H20N2OS/c1-11-4-6-12(7-5-11)16-14(17)9-15-13-3-2-8-18-10-13/h4-7,13,15H,2-3,8-10H2,1H3,(H,16,17). The summed E-state index contributed by atoms with van der Waals surface area (Å²) < 4.78 is 0. The van der Waals surface area contributed by atoms with Gasteiger partial charge in [0, 0.05) is 17.5 Å². The summed E-state index contributed by atoms with van der Waals surface area (Å²) in [5.41, 5.74) is 2.07. The molecule has 0 saturated carbocycles. The number of rotatable bonds is 4. The van der Waals surface area contributed by atoms with Crippen molar-refractivity contribution in [3.63, 3.8) is 0 Å². The smallest absolute Gasteiger partial charge is 0.238 e. The molecule has 0 spiro atoms. The van der Waals surface area contributed by atoms with Crippen LogP contribution in [0.2, 0.25) is 0 Å². The van der Waals surface area contributed by atoms with E-state index >= 15 is 0 Å². The molecule has 1 amide bonds. The van der Waals surface area contributed by atoms with E-state index in [0.29, 0.717) is 12.6 Å². The topological polar surface area (TPSA) is 41.1 Å². The summed E-state index contributed by atoms with van der Waals surface area (Å²) in [5.74, 6) is 2.42. The van der Waals surface area contributed by atoms with E-state index in [1.54, 1.807) is 0 Å². The fourth-order valence-corrected chi connectivity index (χ4v) is 3.09. The zero-order valence-electron chi connectivity index (χ0n) is 10.7. The normalized spacial score (nSPS) is 19.5. The number of hydrogen-bond acceptors (Lipinski definition) is 3. The number of amides is 1. The summed E-state index contributed by atoms with van der Waals surface area (Å²) in [6, 6.07) is 8.36. The molecule has 1 heterocycles. The Morgan fingerprint density at radius 1 is 1.39 bits per heavy atom. The first kappa shape index (κ1) is 13.4. The summed E-state index contributed by atoms with van der Waals surface area (Å²) >= 11 is 1.97. The maximum absolute atomic E-state index is 11.8. The van der Waals surface area contributed by atoms with Crippen molar-refractivity contribution in [1.82, 2.24) is 5.32 Å². The van der Waals surface area contributed by atoms with Crippen LogP contribution in [-0.4, -0.2) is 30.0 Å². The molecule has 2 N–H and O–H groups in total. The van der Waals surface area contributed by atoms with Crippen LogP contribution in [0, 0.1) is 6.92 Å². The van der Waals surface area contributed by atoms with Crippen LogP contribution in [0.4, 0.5) is 5.69 Å². The summed E-state index contributed by atoms with van der Waals surface area (Å²) in [6.07, 6.45) is 2.44. The third-order valence-corrected chi connectivity index (χ3v) is 4.26. The van der Waals surface area contributed by atoms with Gasteiger partial charge in [-0.15, -0.1) is 0 Å². The number of nitrogens with one attached hydrogen (secondary N) is 2. The average molecular weight is 264 g/mol. The molecule has 98 valence electrons. The zero-order valence-corrected chi connectivity index (χ0v) is 11.6. The largest absolute Gasteiger partial charge is 0.325 e. The Labute approximate surface area is 113 Å². The molecule has 1 aliphatic heterocycles. The molecule has 18 heavy (non-hydrogen) atoms. The van der Waals surface area contributed by atoms with Crippen LogP contribution in [0.3, 0.4) is 0 Å². The Kier molecular flexibility index (Phi) is 5.08. The molecule has 2 rings (SSSR count). The van der Waals surface area contributed by atoms with Crippen LogP contribution in [0.5, 0.6) is 0 Å². The van der Waals surface area contributed by atoms with Gasteiger partial charge in [-0.1, -0.05) is 17.7 Å². The first-order valence-corrected chi connectivity index (χ1v) is 7.57. The minimum Gasteiger partial charge on any atom is -0.325 e. The number of thioether (sulfide) groups is 1. The number of anilines is 1. The summed E-state index contributed by atoms with van der Waals surface area (Å²) in [5, 5.41) is 6.22. The summed E-state index contributed by atoms with van der Waals surface area (Å²) in [4.78, 5) is 11.8. The number of carbonyl (C=O) groups excluding carboxylic acids is 1. The lowest BCUT2D eigenvalue weighted by atomic mass is 10.2. The van der Waals surface area contributed by atoms with Crippen molar-refractivity contribution in [2.45, 2.75) is 25.8 Å². The Bertz CT molecular complexity index is 385. The molecular weight excluding hydrogens is 244 g/mol. The van der Waals surface area contributed by atoms with E-state index < -0.39 is 0 Å². The van der Waals surface area contributed by atoms with Crippen molar-refractivity contribution in [3.05, 3.63) is 29.8 Å². The SMILES string of the molecule is Cc1ccc(NC(=O)CNC2CCCSC2)cc1. The van der Waals surface area contributed by atoms with Crippen molar-refractivity contribution in [2.75, 3.05) is 23.4 Å². The third-order valence-electron chi connectivity index (χ3n) is 3.05. The fourth-order valence-electron chi connectivity index (χ4n) is 1.98. The summed E-state index contributed by atoms with van der Waals surface area (Å²) in [6.45, 7) is 2.44. The highest BCUT2D eigenvalue weighted by atomic mass is 32.2. The number of hydrogen-bond donors (Lipinski definition) is 2. The molecule has 1 aromatic rings. The molecule has 4 heteroatoms. The molecule has 0 bridgehead atoms. The highest BCUT2D eigenvalue weighted by Gasteiger charge is 2.14. The Morgan fingerprint density at radius 3 is 2.83 bits per heavy atom. The lowest BCUT2D eigenvalue weighted by molar-refractivity contribution is -0.115. The lowest BCUT2D eigenvalue weighted by Gasteiger charge is -2.22. The maximum atomic E-state index is 11.8.